The minimum Gasteiger partial charge on any atom is -0.512 e. The van der Waals surface area contributed by atoms with E-state index in [1.54, 1.807) is 19.1 Å². The number of allylic oxidation sites excluding steroid dienone is 3. The van der Waals surface area contributed by atoms with Crippen LogP contribution in [0.5, 0.6) is 5.75 Å². The molecule has 1 aromatic carbocycles. The Labute approximate surface area is 133 Å². The number of benzene rings is 1. The molecule has 124 valence electrons. The second kappa shape index (κ2) is 6.68. The van der Waals surface area contributed by atoms with E-state index < -0.39 is 25.7 Å². The maximum absolute atomic E-state index is 11.1. The molecular formula is C15H18NO6P. The highest BCUT2D eigenvalue weighted by atomic mass is 31.2. The Kier molecular flexibility index (Phi) is 5.06. The molecule has 7 nitrogen and oxygen atoms in total. The van der Waals surface area contributed by atoms with E-state index in [2.05, 4.69) is 4.76 Å². The zero-order valence-electron chi connectivity index (χ0n) is 12.3. The molecule has 0 bridgehead atoms. The number of nitrogens with zero attached hydrogens (tertiary/aromatic N) is 1. The predicted octanol–water partition coefficient (Wildman–Crippen LogP) is 2.02. The minimum atomic E-state index is -4.69. The lowest BCUT2D eigenvalue weighted by Crippen LogP contribution is -2.34. The van der Waals surface area contributed by atoms with Gasteiger partial charge in [-0.05, 0) is 29.8 Å². The fourth-order valence-corrected chi connectivity index (χ4v) is 2.96. The Bertz CT molecular complexity index is 703. The van der Waals surface area contributed by atoms with Gasteiger partial charge in [0.25, 0.3) is 0 Å². The van der Waals surface area contributed by atoms with Crippen LogP contribution in [0.1, 0.15) is 18.4 Å². The van der Waals surface area contributed by atoms with Crippen LogP contribution in [0, 0.1) is 5.92 Å². The summed E-state index contributed by atoms with van der Waals surface area (Å²) in [6, 6.07) is 6.20. The summed E-state index contributed by atoms with van der Waals surface area (Å²) in [5.41, 5.74) is 0.615. The summed E-state index contributed by atoms with van der Waals surface area (Å²) in [5, 5.41) is 29.9. The smallest absolute Gasteiger partial charge is 0.448 e. The van der Waals surface area contributed by atoms with Gasteiger partial charge in [-0.15, -0.1) is 0 Å². The van der Waals surface area contributed by atoms with E-state index in [4.69, 9.17) is 9.79 Å². The van der Waals surface area contributed by atoms with Gasteiger partial charge in [-0.25, -0.2) is 4.57 Å². The summed E-state index contributed by atoms with van der Waals surface area (Å²) in [5.74, 6) is -1.65. The first-order valence-electron chi connectivity index (χ1n) is 6.89. The number of phenols is 1. The summed E-state index contributed by atoms with van der Waals surface area (Å²) in [6.45, 7) is 1.71. The minimum absolute atomic E-state index is 0.0857. The van der Waals surface area contributed by atoms with Gasteiger partial charge in [0.2, 0.25) is 0 Å². The monoisotopic (exact) mass is 339 g/mol. The second-order valence-electron chi connectivity index (χ2n) is 5.34. The summed E-state index contributed by atoms with van der Waals surface area (Å²) < 4.78 is 14.4. The molecule has 0 spiro atoms. The van der Waals surface area contributed by atoms with Crippen molar-refractivity contribution in [2.45, 2.75) is 18.9 Å². The van der Waals surface area contributed by atoms with Crippen LogP contribution in [-0.4, -0.2) is 36.9 Å². The molecule has 0 fully saturated rings. The molecule has 0 amide bonds. The molecule has 3 atom stereocenters. The van der Waals surface area contributed by atoms with Gasteiger partial charge in [0.15, 0.2) is 0 Å². The fourth-order valence-electron chi connectivity index (χ4n) is 2.46. The van der Waals surface area contributed by atoms with E-state index in [-0.39, 0.29) is 17.2 Å². The van der Waals surface area contributed by atoms with Gasteiger partial charge in [-0.3, -0.25) is 0 Å². The van der Waals surface area contributed by atoms with Crippen molar-refractivity contribution in [1.29, 1.82) is 0 Å². The average molecular weight is 339 g/mol. The topological polar surface area (TPSA) is 131 Å². The summed E-state index contributed by atoms with van der Waals surface area (Å²) in [6.07, 6.45) is 2.93. The Morgan fingerprint density at radius 1 is 1.17 bits per heavy atom. The van der Waals surface area contributed by atoms with Gasteiger partial charge in [0, 0.05) is 5.92 Å². The molecule has 3 unspecified atom stereocenters. The highest BCUT2D eigenvalue weighted by Crippen LogP contribution is 2.40. The molecule has 2 rings (SSSR count). The van der Waals surface area contributed by atoms with E-state index >= 15 is 0 Å². The number of aliphatic hydroxyl groups is 2. The summed E-state index contributed by atoms with van der Waals surface area (Å²) in [4.78, 5) is 18.0. The maximum atomic E-state index is 11.1. The number of hydrogen-bond acceptors (Lipinski definition) is 4. The molecule has 1 aromatic rings. The quantitative estimate of drug-likeness (QED) is 0.533. The molecule has 5 N–H and O–H groups in total. The largest absolute Gasteiger partial charge is 0.512 e. The molecule has 0 aromatic heterocycles. The first kappa shape index (κ1) is 17.4. The van der Waals surface area contributed by atoms with E-state index in [1.165, 1.54) is 30.4 Å². The molecule has 1 aliphatic rings. The molecule has 0 heterocycles. The van der Waals surface area contributed by atoms with E-state index in [9.17, 15) is 19.9 Å². The molecule has 0 saturated carbocycles. The van der Waals surface area contributed by atoms with Crippen LogP contribution in [0.4, 0.5) is 0 Å². The van der Waals surface area contributed by atoms with Crippen molar-refractivity contribution in [3.05, 3.63) is 53.8 Å². The Morgan fingerprint density at radius 2 is 1.78 bits per heavy atom. The van der Waals surface area contributed by atoms with Crippen LogP contribution in [0.3, 0.4) is 0 Å². The SMILES string of the molecule is CC(c1ccc(O)cc1)C(O)C1C(O)=CC=CC1=NP(=O)(O)O. The van der Waals surface area contributed by atoms with Gasteiger partial charge in [0.05, 0.1) is 17.7 Å². The van der Waals surface area contributed by atoms with Crippen molar-refractivity contribution in [2.24, 2.45) is 10.7 Å². The molecule has 0 saturated heterocycles. The molecule has 1 aliphatic carbocycles. The standard InChI is InChI=1S/C15H18NO6P/c1-9(10-5-7-11(17)8-6-10)15(19)14-12(16-23(20,21)22)3-2-4-13(14)18/h2-9,14-15,17-19H,1H3,(H2,20,21,22). The Balaban J connectivity index is 2.34. The highest BCUT2D eigenvalue weighted by Gasteiger charge is 2.34. The lowest BCUT2D eigenvalue weighted by Gasteiger charge is -2.29. The average Bonchev–Trinajstić information content (AvgIpc) is 2.45. The highest BCUT2D eigenvalue weighted by molar-refractivity contribution is 7.50. The molecule has 0 aliphatic heterocycles. The van der Waals surface area contributed by atoms with Gasteiger partial charge >= 0.3 is 7.75 Å². The fraction of sp³-hybridized carbons (Fsp3) is 0.267. The number of rotatable bonds is 4. The zero-order chi connectivity index (χ0) is 17.2. The lowest BCUT2D eigenvalue weighted by atomic mass is 9.82. The van der Waals surface area contributed by atoms with Crippen LogP contribution in [-0.2, 0) is 4.57 Å². The van der Waals surface area contributed by atoms with Gasteiger partial charge in [-0.1, -0.05) is 25.1 Å². The van der Waals surface area contributed by atoms with Crippen LogP contribution in [0.15, 0.2) is 53.0 Å². The van der Waals surface area contributed by atoms with Crippen molar-refractivity contribution >= 4 is 13.5 Å². The van der Waals surface area contributed by atoms with Crippen LogP contribution >= 0.6 is 7.75 Å². The summed E-state index contributed by atoms with van der Waals surface area (Å²) >= 11 is 0. The lowest BCUT2D eigenvalue weighted by molar-refractivity contribution is 0.109. The van der Waals surface area contributed by atoms with Crippen LogP contribution in [0.25, 0.3) is 0 Å². The van der Waals surface area contributed by atoms with Gasteiger partial charge in [0.1, 0.15) is 11.5 Å². The molecule has 0 radical (unpaired) electrons. The van der Waals surface area contributed by atoms with E-state index in [0.29, 0.717) is 5.56 Å². The van der Waals surface area contributed by atoms with Gasteiger partial charge < -0.3 is 25.1 Å². The van der Waals surface area contributed by atoms with Crippen molar-refractivity contribution in [3.8, 4) is 5.75 Å². The predicted molar refractivity (Wildman–Crippen MR) is 85.3 cm³/mol. The van der Waals surface area contributed by atoms with Crippen LogP contribution in [0.2, 0.25) is 0 Å². The third-order valence-electron chi connectivity index (χ3n) is 3.69. The molecule has 23 heavy (non-hydrogen) atoms. The molecule has 8 heteroatoms. The number of hydrogen-bond donors (Lipinski definition) is 5. The van der Waals surface area contributed by atoms with E-state index in [0.717, 1.165) is 0 Å². The third-order valence-corrected chi connectivity index (χ3v) is 4.18. The third kappa shape index (κ3) is 4.30. The van der Waals surface area contributed by atoms with Crippen LogP contribution < -0.4 is 0 Å². The molecular weight excluding hydrogens is 321 g/mol. The Hall–Kier alpha value is -1.92. The van der Waals surface area contributed by atoms with Crippen molar-refractivity contribution in [2.75, 3.05) is 0 Å². The van der Waals surface area contributed by atoms with Crippen molar-refractivity contribution in [3.63, 3.8) is 0 Å². The van der Waals surface area contributed by atoms with Gasteiger partial charge in [-0.2, -0.15) is 4.76 Å². The second-order valence-corrected chi connectivity index (χ2v) is 6.56. The normalized spacial score (nSPS) is 22.7. The number of phenolic OH excluding ortho intramolecular Hbond substituents is 1. The number of aliphatic hydroxyl groups excluding tert-OH is 2. The first-order valence-corrected chi connectivity index (χ1v) is 8.45. The summed E-state index contributed by atoms with van der Waals surface area (Å²) in [7, 11) is -4.69. The van der Waals surface area contributed by atoms with Crippen molar-refractivity contribution in [1.82, 2.24) is 0 Å². The first-order chi connectivity index (χ1) is 10.7. The Morgan fingerprint density at radius 3 is 2.35 bits per heavy atom. The maximum Gasteiger partial charge on any atom is 0.448 e. The number of aromatic hydroxyl groups is 1. The van der Waals surface area contributed by atoms with E-state index in [1.807, 2.05) is 0 Å². The zero-order valence-corrected chi connectivity index (χ0v) is 13.2. The van der Waals surface area contributed by atoms with Crippen molar-refractivity contribution < 1.29 is 29.7 Å².